The van der Waals surface area contributed by atoms with Crippen LogP contribution in [0.5, 0.6) is 0 Å². The molecule has 0 spiro atoms. The average Bonchev–Trinajstić information content (AvgIpc) is 3.59. The summed E-state index contributed by atoms with van der Waals surface area (Å²) in [5.41, 5.74) is -1.06. The Morgan fingerprint density at radius 1 is 0.621 bits per heavy atom. The molecule has 1 fully saturated rings. The number of aromatic amines is 1. The maximum Gasteiger partial charge on any atom is 0.332 e. The molecule has 0 radical (unpaired) electrons. The number of unbranched alkanes of at least 4 members (excludes halogenated alkanes) is 30. The highest BCUT2D eigenvalue weighted by Crippen LogP contribution is 2.42. The Kier molecular flexibility index (Phi) is 33.7. The molecule has 1 saturated heterocycles. The smallest absolute Gasteiger partial charge is 0.332 e. The number of nitrogens with one attached hydrogen (secondary N) is 1. The van der Waals surface area contributed by atoms with Gasteiger partial charge in [-0.2, -0.15) is 0 Å². The van der Waals surface area contributed by atoms with E-state index < -0.39 is 44.3 Å². The van der Waals surface area contributed by atoms with Gasteiger partial charge in [0.05, 0.1) is 19.8 Å². The van der Waals surface area contributed by atoms with Crippen LogP contribution in [0.4, 0.5) is 0 Å². The van der Waals surface area contributed by atoms with Gasteiger partial charge in [-0.3, -0.25) is 19.1 Å². The molecule has 1 N–H and O–H groups in total. The minimum atomic E-state index is -1.62. The van der Waals surface area contributed by atoms with Gasteiger partial charge in [0.2, 0.25) is 0 Å². The zero-order valence-corrected chi connectivity index (χ0v) is 38.4. The van der Waals surface area contributed by atoms with Crippen molar-refractivity contribution in [2.45, 2.75) is 251 Å². The first-order chi connectivity index (χ1) is 28.4. The Morgan fingerprint density at radius 2 is 1.00 bits per heavy atom. The van der Waals surface area contributed by atoms with Gasteiger partial charge >= 0.3 is 20.3 Å². The molecule has 0 aliphatic carbocycles. The summed E-state index contributed by atoms with van der Waals surface area (Å²) in [4.78, 5) is 38.2. The third kappa shape index (κ3) is 28.0. The van der Waals surface area contributed by atoms with E-state index in [1.807, 2.05) is 0 Å². The molecule has 1 aromatic rings. The molecule has 0 amide bonds. The predicted molar refractivity (Wildman–Crippen MR) is 239 cm³/mol. The van der Waals surface area contributed by atoms with Crippen molar-refractivity contribution in [1.82, 2.24) is 9.55 Å². The van der Waals surface area contributed by atoms with Gasteiger partial charge in [0.1, 0.15) is 18.4 Å². The lowest BCUT2D eigenvalue weighted by Gasteiger charge is -2.22. The summed E-state index contributed by atoms with van der Waals surface area (Å²) in [6, 6.07) is 1.27. The van der Waals surface area contributed by atoms with Crippen LogP contribution in [-0.4, -0.2) is 47.5 Å². The summed E-state index contributed by atoms with van der Waals surface area (Å²) in [5.74, 6) is -0.435. The van der Waals surface area contributed by atoms with Gasteiger partial charge in [0.15, 0.2) is 0 Å². The Balaban J connectivity index is 1.67. The molecule has 2 rings (SSSR count). The molecule has 2 heterocycles. The molecular weight excluding hydrogens is 751 g/mol. The van der Waals surface area contributed by atoms with Crippen LogP contribution in [-0.2, 0) is 27.8 Å². The van der Waals surface area contributed by atoms with Gasteiger partial charge in [-0.15, -0.1) is 0 Å². The molecule has 0 unspecified atom stereocenters. The van der Waals surface area contributed by atoms with Crippen LogP contribution in [0, 0.1) is 0 Å². The summed E-state index contributed by atoms with van der Waals surface area (Å²) in [6.07, 6.45) is 42.0. The van der Waals surface area contributed by atoms with Crippen molar-refractivity contribution < 1.29 is 27.8 Å². The molecule has 1 aliphatic heterocycles. The third-order valence-electron chi connectivity index (χ3n) is 11.4. The summed E-state index contributed by atoms with van der Waals surface area (Å²) in [5, 5.41) is 0. The lowest BCUT2D eigenvalue weighted by molar-refractivity contribution is -0.150. The fourth-order valence-electron chi connectivity index (χ4n) is 7.84. The normalized spacial score (nSPS) is 16.8. The molecule has 58 heavy (non-hydrogen) atoms. The van der Waals surface area contributed by atoms with Crippen molar-refractivity contribution in [3.63, 3.8) is 0 Å². The molecule has 338 valence electrons. The molecule has 0 saturated carbocycles. The summed E-state index contributed by atoms with van der Waals surface area (Å²) >= 11 is 0. The van der Waals surface area contributed by atoms with E-state index in [1.54, 1.807) is 0 Å². The van der Waals surface area contributed by atoms with E-state index in [9.17, 15) is 14.4 Å². The number of ether oxygens (including phenoxy) is 2. The molecular formula is C47H87N2O8P. The fraction of sp³-hybridized carbons (Fsp3) is 0.894. The van der Waals surface area contributed by atoms with Crippen LogP contribution in [0.1, 0.15) is 239 Å². The van der Waals surface area contributed by atoms with Crippen molar-refractivity contribution in [2.75, 3.05) is 19.8 Å². The van der Waals surface area contributed by atoms with Crippen molar-refractivity contribution in [2.24, 2.45) is 0 Å². The molecule has 1 aromatic heterocycles. The summed E-state index contributed by atoms with van der Waals surface area (Å²) in [7, 11) is -1.62. The van der Waals surface area contributed by atoms with E-state index in [0.717, 1.165) is 25.7 Å². The highest BCUT2D eigenvalue weighted by Gasteiger charge is 2.40. The summed E-state index contributed by atoms with van der Waals surface area (Å²) in [6.45, 7) is 7.14. The van der Waals surface area contributed by atoms with Crippen LogP contribution >= 0.6 is 8.60 Å². The van der Waals surface area contributed by atoms with E-state index in [0.29, 0.717) is 13.2 Å². The first-order valence-corrected chi connectivity index (χ1v) is 25.4. The van der Waals surface area contributed by atoms with Crippen molar-refractivity contribution >= 4 is 14.6 Å². The maximum absolute atomic E-state index is 12.4. The Labute approximate surface area is 355 Å². The Bertz CT molecular complexity index is 1170. The molecule has 10 nitrogen and oxygen atoms in total. The highest BCUT2D eigenvalue weighted by molar-refractivity contribution is 7.41. The second kappa shape index (κ2) is 37.2. The predicted octanol–water partition coefficient (Wildman–Crippen LogP) is 13.6. The van der Waals surface area contributed by atoms with Crippen molar-refractivity contribution in [3.05, 3.63) is 33.1 Å². The molecule has 0 bridgehead atoms. The molecule has 3 atom stereocenters. The fourth-order valence-corrected chi connectivity index (χ4v) is 8.89. The first-order valence-electron chi connectivity index (χ1n) is 24.3. The summed E-state index contributed by atoms with van der Waals surface area (Å²) < 4.78 is 31.5. The number of carbonyl (C=O) groups excluding carboxylic acids is 1. The second-order valence-electron chi connectivity index (χ2n) is 16.8. The number of hydrogen-bond donors (Lipinski definition) is 1. The van der Waals surface area contributed by atoms with Gasteiger partial charge in [-0.25, -0.2) is 4.79 Å². The first kappa shape index (κ1) is 52.6. The lowest BCUT2D eigenvalue weighted by Crippen LogP contribution is -2.32. The van der Waals surface area contributed by atoms with Gasteiger partial charge in [-0.05, 0) is 12.8 Å². The van der Waals surface area contributed by atoms with Crippen LogP contribution < -0.4 is 11.2 Å². The number of aromatic nitrogens is 2. The van der Waals surface area contributed by atoms with E-state index in [-0.39, 0.29) is 13.0 Å². The minimum Gasteiger partial charge on any atom is -0.460 e. The third-order valence-corrected chi connectivity index (χ3v) is 12.5. The number of esters is 1. The van der Waals surface area contributed by atoms with Gasteiger partial charge in [0, 0.05) is 25.6 Å². The van der Waals surface area contributed by atoms with Gasteiger partial charge < -0.3 is 23.0 Å². The highest BCUT2D eigenvalue weighted by atomic mass is 31.2. The number of hydrogen-bond acceptors (Lipinski definition) is 8. The monoisotopic (exact) mass is 839 g/mol. The molecule has 11 heteroatoms. The van der Waals surface area contributed by atoms with E-state index in [1.165, 1.54) is 204 Å². The lowest BCUT2D eigenvalue weighted by atomic mass is 10.0. The van der Waals surface area contributed by atoms with Crippen LogP contribution in [0.25, 0.3) is 0 Å². The minimum absolute atomic E-state index is 0.0934. The van der Waals surface area contributed by atoms with Crippen molar-refractivity contribution in [3.8, 4) is 0 Å². The van der Waals surface area contributed by atoms with Crippen LogP contribution in [0.3, 0.4) is 0 Å². The quantitative estimate of drug-likeness (QED) is 0.0393. The van der Waals surface area contributed by atoms with E-state index >= 15 is 0 Å². The van der Waals surface area contributed by atoms with E-state index in [2.05, 4.69) is 18.8 Å². The number of rotatable bonds is 41. The Hall–Kier alpha value is -1.58. The SMILES string of the molecule is CCCCCCCCCCCCCCCCCCOP(OCCCCCCCCCCCCCCCCCC)OC[C@H]1O[C@@H](n2ccc(=O)[nH]c2=O)C[C@@H]1OC(C)=O. The second-order valence-corrected chi connectivity index (χ2v) is 18.0. The maximum atomic E-state index is 12.4. The molecule has 0 aromatic carbocycles. The zero-order valence-electron chi connectivity index (χ0n) is 37.5. The van der Waals surface area contributed by atoms with Crippen LogP contribution in [0.2, 0.25) is 0 Å². The number of nitrogens with zero attached hydrogens (tertiary/aromatic N) is 1. The average molecular weight is 839 g/mol. The largest absolute Gasteiger partial charge is 0.460 e. The zero-order chi connectivity index (χ0) is 41.7. The number of carbonyl (C=O) groups is 1. The van der Waals surface area contributed by atoms with Gasteiger partial charge in [-0.1, -0.05) is 206 Å². The molecule has 1 aliphatic rings. The van der Waals surface area contributed by atoms with Gasteiger partial charge in [0.25, 0.3) is 5.56 Å². The van der Waals surface area contributed by atoms with E-state index in [4.69, 9.17) is 23.0 Å². The van der Waals surface area contributed by atoms with Crippen molar-refractivity contribution in [1.29, 1.82) is 0 Å². The Morgan fingerprint density at radius 3 is 1.36 bits per heavy atom. The van der Waals surface area contributed by atoms with Crippen LogP contribution in [0.15, 0.2) is 21.9 Å². The topological polar surface area (TPSA) is 118 Å². The number of H-pyrrole nitrogens is 1. The standard InChI is InChI=1S/C47H87N2O8P/c1-4-6-8-10-12-14-16-18-20-22-24-26-28-30-32-34-38-53-58(54-39-35-33-31-29-27-25-23-21-19-17-15-13-11-9-7-5-2)55-41-44-43(56-42(3)50)40-46(57-44)49-37-36-45(51)48-47(49)52/h36-37,43-44,46H,4-35,38-41H2,1-3H3,(H,48,51,52)/t43-,44+,46+/m0/s1.